The number of hydrogen-bond acceptors (Lipinski definition) is 5. The molecule has 1 amide bonds. The molecule has 160 valence electrons. The van der Waals surface area contributed by atoms with Crippen LogP contribution in [0.15, 0.2) is 47.7 Å². The van der Waals surface area contributed by atoms with Crippen molar-refractivity contribution in [3.8, 4) is 6.07 Å². The van der Waals surface area contributed by atoms with Gasteiger partial charge in [-0.15, -0.1) is 0 Å². The van der Waals surface area contributed by atoms with Crippen LogP contribution in [0.1, 0.15) is 50.6 Å². The molecular weight excluding hydrogens is 404 g/mol. The van der Waals surface area contributed by atoms with Crippen LogP contribution in [0, 0.1) is 11.3 Å². The van der Waals surface area contributed by atoms with Crippen LogP contribution in [-0.4, -0.2) is 37.4 Å². The second-order valence-corrected chi connectivity index (χ2v) is 7.86. The molecule has 3 aromatic rings. The molecule has 0 aliphatic carbocycles. The molecular formula is C22H21F2N5O2. The van der Waals surface area contributed by atoms with Gasteiger partial charge in [-0.1, -0.05) is 6.07 Å². The summed E-state index contributed by atoms with van der Waals surface area (Å²) in [6.45, 7) is 5.15. The van der Waals surface area contributed by atoms with Crippen molar-refractivity contribution < 1.29 is 18.7 Å². The van der Waals surface area contributed by atoms with Crippen molar-refractivity contribution >= 4 is 22.5 Å². The summed E-state index contributed by atoms with van der Waals surface area (Å²) in [4.78, 5) is 19.8. The minimum absolute atomic E-state index is 0.0960. The highest BCUT2D eigenvalue weighted by Gasteiger charge is 2.33. The summed E-state index contributed by atoms with van der Waals surface area (Å²) in [7, 11) is 0. The third-order valence-corrected chi connectivity index (χ3v) is 4.75. The minimum Gasteiger partial charge on any atom is -0.384 e. The van der Waals surface area contributed by atoms with E-state index in [0.717, 1.165) is 0 Å². The van der Waals surface area contributed by atoms with E-state index in [9.17, 15) is 18.7 Å². The Morgan fingerprint density at radius 2 is 1.94 bits per heavy atom. The number of aromatic nitrogens is 3. The lowest BCUT2D eigenvalue weighted by Crippen LogP contribution is -2.27. The fourth-order valence-corrected chi connectivity index (χ4v) is 3.14. The van der Waals surface area contributed by atoms with Crippen molar-refractivity contribution in [2.75, 3.05) is 0 Å². The van der Waals surface area contributed by atoms with Crippen LogP contribution in [0.5, 0.6) is 0 Å². The molecule has 0 fully saturated rings. The van der Waals surface area contributed by atoms with Crippen LogP contribution >= 0.6 is 0 Å². The maximum absolute atomic E-state index is 13.5. The van der Waals surface area contributed by atoms with Crippen molar-refractivity contribution in [2.45, 2.75) is 45.3 Å². The van der Waals surface area contributed by atoms with E-state index in [-0.39, 0.29) is 5.71 Å². The third-order valence-electron chi connectivity index (χ3n) is 4.75. The molecule has 2 aromatic heterocycles. The number of carbonyl (C=O) groups excluding carboxylic acids is 1. The van der Waals surface area contributed by atoms with Gasteiger partial charge in [0.05, 0.1) is 29.0 Å². The molecule has 2 heterocycles. The van der Waals surface area contributed by atoms with Crippen LogP contribution in [0.2, 0.25) is 0 Å². The topological polar surface area (TPSA) is 104 Å². The van der Waals surface area contributed by atoms with E-state index >= 15 is 0 Å². The van der Waals surface area contributed by atoms with Crippen LogP contribution in [0.3, 0.4) is 0 Å². The molecule has 0 radical (unpaired) electrons. The lowest BCUT2D eigenvalue weighted by molar-refractivity contribution is -0.139. The molecule has 0 aliphatic rings. The Kier molecular flexibility index (Phi) is 5.70. The molecule has 0 aliphatic heterocycles. The maximum atomic E-state index is 13.5. The van der Waals surface area contributed by atoms with Gasteiger partial charge >= 0.3 is 11.8 Å². The minimum atomic E-state index is -3.61. The van der Waals surface area contributed by atoms with Crippen molar-refractivity contribution in [1.29, 1.82) is 5.26 Å². The third kappa shape index (κ3) is 4.64. The highest BCUT2D eigenvalue weighted by molar-refractivity contribution is 6.00. The van der Waals surface area contributed by atoms with Crippen molar-refractivity contribution in [2.24, 2.45) is 4.99 Å². The number of aliphatic imine (C=N–C) groups is 1. The number of nitrogens with zero attached hydrogens (tertiary/aromatic N) is 5. The molecule has 0 bridgehead atoms. The zero-order valence-electron chi connectivity index (χ0n) is 17.5. The summed E-state index contributed by atoms with van der Waals surface area (Å²) in [6, 6.07) is 9.50. The number of aliphatic hydroxyl groups is 1. The number of benzene rings is 1. The Hall–Kier alpha value is -3.51. The predicted octanol–water partition coefficient (Wildman–Crippen LogP) is 3.76. The smallest absolute Gasteiger partial charge is 0.324 e. The Bertz CT molecular complexity index is 1200. The lowest BCUT2D eigenvalue weighted by atomic mass is 10.0. The standard InChI is InChI=1S/C22H21F2N5O2/c1-13(28-20(30)22(4,23)24)19(15-6-8-18(26-11-15)21(2,3)31)29-17-7-5-14(10-25)9-16(17)12-27-29/h5-9,11-12,19,31H,1-4H3/t19-/m0/s1. The molecule has 9 heteroatoms. The predicted molar refractivity (Wildman–Crippen MR) is 111 cm³/mol. The van der Waals surface area contributed by atoms with Gasteiger partial charge in [-0.2, -0.15) is 19.1 Å². The zero-order chi connectivity index (χ0) is 23.0. The van der Waals surface area contributed by atoms with Gasteiger partial charge in [0.2, 0.25) is 0 Å². The van der Waals surface area contributed by atoms with Gasteiger partial charge in [-0.3, -0.25) is 14.5 Å². The van der Waals surface area contributed by atoms with E-state index in [1.165, 1.54) is 17.8 Å². The number of alkyl halides is 2. The van der Waals surface area contributed by atoms with Gasteiger partial charge in [0.15, 0.2) is 0 Å². The molecule has 0 unspecified atom stereocenters. The van der Waals surface area contributed by atoms with E-state index < -0.39 is 23.5 Å². The number of halogens is 2. The van der Waals surface area contributed by atoms with E-state index in [0.29, 0.717) is 34.6 Å². The van der Waals surface area contributed by atoms with Crippen LogP contribution in [0.25, 0.3) is 10.9 Å². The van der Waals surface area contributed by atoms with Crippen LogP contribution < -0.4 is 0 Å². The first-order valence-corrected chi connectivity index (χ1v) is 9.45. The summed E-state index contributed by atoms with van der Waals surface area (Å²) in [5.74, 6) is -5.16. The van der Waals surface area contributed by atoms with Gasteiger partial charge in [-0.05, 0) is 45.0 Å². The second-order valence-electron chi connectivity index (χ2n) is 7.86. The van der Waals surface area contributed by atoms with Gasteiger partial charge in [0, 0.05) is 29.8 Å². The van der Waals surface area contributed by atoms with Gasteiger partial charge < -0.3 is 5.11 Å². The van der Waals surface area contributed by atoms with E-state index in [4.69, 9.17) is 5.26 Å². The van der Waals surface area contributed by atoms with E-state index in [2.05, 4.69) is 21.1 Å². The summed E-state index contributed by atoms with van der Waals surface area (Å²) < 4.78 is 28.4. The number of nitriles is 1. The first kappa shape index (κ1) is 22.2. The Morgan fingerprint density at radius 1 is 1.23 bits per heavy atom. The fraction of sp³-hybridized carbons (Fsp3) is 0.318. The first-order chi connectivity index (χ1) is 14.4. The molecule has 1 N–H and O–H groups in total. The molecule has 3 rings (SSSR count). The molecule has 0 saturated carbocycles. The number of fused-ring (bicyclic) bond motifs is 1. The SMILES string of the molecule is CC(=NC(=O)C(C)(F)F)[C@@H](c1ccc(C(C)(C)O)nc1)n1ncc2cc(C#N)ccc21. The Morgan fingerprint density at radius 3 is 2.48 bits per heavy atom. The molecule has 0 spiro atoms. The molecule has 0 saturated heterocycles. The number of pyridine rings is 1. The van der Waals surface area contributed by atoms with Gasteiger partial charge in [0.25, 0.3) is 0 Å². The highest BCUT2D eigenvalue weighted by Crippen LogP contribution is 2.27. The average molecular weight is 425 g/mol. The summed E-state index contributed by atoms with van der Waals surface area (Å²) >= 11 is 0. The number of hydrogen-bond donors (Lipinski definition) is 1. The molecule has 7 nitrogen and oxygen atoms in total. The Labute approximate surface area is 177 Å². The Balaban J connectivity index is 2.17. The van der Waals surface area contributed by atoms with Crippen molar-refractivity contribution in [1.82, 2.24) is 14.8 Å². The first-order valence-electron chi connectivity index (χ1n) is 9.45. The lowest BCUT2D eigenvalue weighted by Gasteiger charge is -2.21. The van der Waals surface area contributed by atoms with Crippen LogP contribution in [0.4, 0.5) is 8.78 Å². The maximum Gasteiger partial charge on any atom is 0.324 e. The van der Waals surface area contributed by atoms with Gasteiger partial charge in [0.1, 0.15) is 11.6 Å². The van der Waals surface area contributed by atoms with E-state index in [1.54, 1.807) is 50.4 Å². The monoisotopic (exact) mass is 425 g/mol. The normalized spacial score (nSPS) is 13.8. The fourth-order valence-electron chi connectivity index (χ4n) is 3.14. The molecule has 31 heavy (non-hydrogen) atoms. The highest BCUT2D eigenvalue weighted by atomic mass is 19.3. The van der Waals surface area contributed by atoms with Crippen molar-refractivity contribution in [3.05, 3.63) is 59.5 Å². The number of rotatable bonds is 5. The second kappa shape index (κ2) is 7.96. The summed E-state index contributed by atoms with van der Waals surface area (Å²) in [5.41, 5.74) is 0.967. The molecule has 1 aromatic carbocycles. The largest absolute Gasteiger partial charge is 0.384 e. The number of carbonyl (C=O) groups is 1. The number of amides is 1. The molecule has 1 atom stereocenters. The van der Waals surface area contributed by atoms with Gasteiger partial charge in [-0.25, -0.2) is 4.99 Å². The van der Waals surface area contributed by atoms with Crippen LogP contribution in [-0.2, 0) is 10.4 Å². The van der Waals surface area contributed by atoms with E-state index in [1.807, 2.05) is 0 Å². The zero-order valence-corrected chi connectivity index (χ0v) is 17.5. The summed E-state index contributed by atoms with van der Waals surface area (Å²) in [6.07, 6.45) is 3.04. The van der Waals surface area contributed by atoms with Crippen molar-refractivity contribution in [3.63, 3.8) is 0 Å². The quantitative estimate of drug-likeness (QED) is 0.627. The average Bonchev–Trinajstić information content (AvgIpc) is 3.10. The summed E-state index contributed by atoms with van der Waals surface area (Å²) in [5, 5.41) is 24.3.